The van der Waals surface area contributed by atoms with Gasteiger partial charge >= 0.3 is 29.9 Å². The minimum Gasteiger partial charge on any atom is -0.481 e. The second-order valence-corrected chi connectivity index (χ2v) is 14.9. The monoisotopic (exact) mass is 826 g/mol. The minimum atomic E-state index is -1.55. The molecule has 0 aliphatic heterocycles. The summed E-state index contributed by atoms with van der Waals surface area (Å²) < 4.78 is 0. The van der Waals surface area contributed by atoms with Crippen molar-refractivity contribution < 1.29 is 68.4 Å². The minimum absolute atomic E-state index is 0.0119. The van der Waals surface area contributed by atoms with Crippen molar-refractivity contribution in [1.29, 1.82) is 0 Å². The summed E-state index contributed by atoms with van der Waals surface area (Å²) in [6.45, 7) is 1.40. The van der Waals surface area contributed by atoms with Crippen LogP contribution in [-0.4, -0.2) is 118 Å². The summed E-state index contributed by atoms with van der Waals surface area (Å²) in [6, 6.07) is -4.20. The molecule has 0 bridgehead atoms. The summed E-state index contributed by atoms with van der Waals surface area (Å²) in [5, 5.41) is 49.3. The smallest absolute Gasteiger partial charge is 0.326 e. The van der Waals surface area contributed by atoms with Crippen LogP contribution in [0, 0.1) is 23.7 Å². The number of ketones is 2. The number of amides is 5. The van der Waals surface area contributed by atoms with Gasteiger partial charge in [-0.3, -0.25) is 33.6 Å². The van der Waals surface area contributed by atoms with Crippen LogP contribution in [-0.2, 0) is 43.2 Å². The zero-order valence-electron chi connectivity index (χ0n) is 33.3. The highest BCUT2D eigenvalue weighted by Gasteiger charge is 2.29. The van der Waals surface area contributed by atoms with Gasteiger partial charge in [0.2, 0.25) is 17.7 Å². The maximum absolute atomic E-state index is 13.1. The van der Waals surface area contributed by atoms with Crippen molar-refractivity contribution in [3.05, 3.63) is 0 Å². The molecular weight excluding hydrogens is 764 g/mol. The van der Waals surface area contributed by atoms with Gasteiger partial charge in [0.1, 0.15) is 23.7 Å². The quantitative estimate of drug-likeness (QED) is 0.0422. The molecule has 58 heavy (non-hydrogen) atoms. The standard InChI is InChI=1S/C38H62N6O14/c1-40-18-4-2-6-26(34(39)52)21-30(46)25(12-16-32(48)49)20-27(45)7-3-5-19-41-35(53)24-10-8-23(9-11-24)22-42-31(47)15-13-28(36(54)55)43-38(58)44-29(37(56)57)14-17-33(50)51/h23-26,28-29,40H,2-22H2,1H3,(H2,39,52)(H,41,53)(H,42,47)(H,48,49)(H,50,51)(H,54,55)(H,56,57)(H2,43,44,58). The molecule has 20 heteroatoms. The summed E-state index contributed by atoms with van der Waals surface area (Å²) >= 11 is 0. The Kier molecular flexibility index (Phi) is 24.8. The first kappa shape index (κ1) is 50.9. The van der Waals surface area contributed by atoms with Gasteiger partial charge in [0.25, 0.3) is 0 Å². The lowest BCUT2D eigenvalue weighted by atomic mass is 9.81. The van der Waals surface area contributed by atoms with E-state index in [2.05, 4.69) is 21.3 Å². The molecule has 0 spiro atoms. The summed E-state index contributed by atoms with van der Waals surface area (Å²) in [5.74, 6) is -8.64. The number of hydrogen-bond donors (Lipinski definition) is 10. The van der Waals surface area contributed by atoms with Crippen LogP contribution in [0.4, 0.5) is 4.79 Å². The molecule has 1 fully saturated rings. The van der Waals surface area contributed by atoms with E-state index in [1.54, 1.807) is 0 Å². The summed E-state index contributed by atoms with van der Waals surface area (Å²) in [7, 11) is 1.81. The predicted octanol–water partition coefficient (Wildman–Crippen LogP) is 0.937. The van der Waals surface area contributed by atoms with Gasteiger partial charge in [-0.2, -0.15) is 0 Å². The van der Waals surface area contributed by atoms with Crippen LogP contribution in [0.2, 0.25) is 0 Å². The number of carboxylic acid groups (broad SMARTS) is 4. The third-order valence-electron chi connectivity index (χ3n) is 10.2. The zero-order chi connectivity index (χ0) is 43.6. The number of hydrogen-bond acceptors (Lipinski definition) is 11. The number of carbonyl (C=O) groups excluding carboxylic acids is 6. The first-order chi connectivity index (χ1) is 27.4. The van der Waals surface area contributed by atoms with Crippen molar-refractivity contribution in [3.63, 3.8) is 0 Å². The van der Waals surface area contributed by atoms with E-state index in [4.69, 9.17) is 15.9 Å². The van der Waals surface area contributed by atoms with E-state index < -0.39 is 78.5 Å². The highest BCUT2D eigenvalue weighted by molar-refractivity contribution is 5.91. The number of carbonyl (C=O) groups is 10. The summed E-state index contributed by atoms with van der Waals surface area (Å²) in [5.41, 5.74) is 5.52. The second-order valence-electron chi connectivity index (χ2n) is 14.9. The van der Waals surface area contributed by atoms with Gasteiger partial charge in [-0.1, -0.05) is 6.42 Å². The maximum atomic E-state index is 13.1. The van der Waals surface area contributed by atoms with Crippen LogP contribution in [0.3, 0.4) is 0 Å². The SMILES string of the molecule is CNCCCCC(CC(=O)C(CCC(=O)O)CC(=O)CCCCNC(=O)C1CCC(CNC(=O)CCC(NC(=O)NC(CCC(=O)O)C(=O)O)C(=O)O)CC1)C(N)=O. The fourth-order valence-electron chi connectivity index (χ4n) is 6.69. The van der Waals surface area contributed by atoms with E-state index in [0.717, 1.165) is 13.0 Å². The van der Waals surface area contributed by atoms with Gasteiger partial charge in [0.05, 0.1) is 0 Å². The predicted molar refractivity (Wildman–Crippen MR) is 206 cm³/mol. The Morgan fingerprint density at radius 2 is 1.19 bits per heavy atom. The highest BCUT2D eigenvalue weighted by atomic mass is 16.4. The number of aliphatic carboxylic acids is 4. The average Bonchev–Trinajstić information content (AvgIpc) is 3.16. The number of nitrogens with one attached hydrogen (secondary N) is 5. The van der Waals surface area contributed by atoms with E-state index >= 15 is 0 Å². The fourth-order valence-corrected chi connectivity index (χ4v) is 6.69. The van der Waals surface area contributed by atoms with E-state index in [9.17, 15) is 58.2 Å². The van der Waals surface area contributed by atoms with Crippen molar-refractivity contribution >= 4 is 59.2 Å². The highest BCUT2D eigenvalue weighted by Crippen LogP contribution is 2.28. The van der Waals surface area contributed by atoms with Gasteiger partial charge < -0.3 is 52.7 Å². The zero-order valence-corrected chi connectivity index (χ0v) is 33.3. The molecule has 0 aromatic heterocycles. The molecule has 1 saturated carbocycles. The molecule has 0 aromatic carbocycles. The number of Topliss-reactive ketones (excluding diaryl/α,β-unsaturated/α-hetero) is 2. The lowest BCUT2D eigenvalue weighted by Crippen LogP contribution is -2.51. The van der Waals surface area contributed by atoms with E-state index in [1.165, 1.54) is 0 Å². The van der Waals surface area contributed by atoms with Crippen LogP contribution in [0.5, 0.6) is 0 Å². The number of nitrogens with two attached hydrogens (primary N) is 1. The molecular formula is C38H62N6O14. The number of rotatable bonds is 32. The maximum Gasteiger partial charge on any atom is 0.326 e. The number of carboxylic acids is 4. The van der Waals surface area contributed by atoms with Crippen molar-refractivity contribution in [3.8, 4) is 0 Å². The number of urea groups is 1. The molecule has 0 heterocycles. The van der Waals surface area contributed by atoms with Gasteiger partial charge in [-0.25, -0.2) is 14.4 Å². The van der Waals surface area contributed by atoms with E-state index in [-0.39, 0.29) is 74.3 Å². The van der Waals surface area contributed by atoms with Crippen molar-refractivity contribution in [2.75, 3.05) is 26.7 Å². The molecule has 0 aromatic rings. The molecule has 1 aliphatic carbocycles. The summed E-state index contributed by atoms with van der Waals surface area (Å²) in [6.07, 6.45) is 3.52. The summed E-state index contributed by atoms with van der Waals surface area (Å²) in [4.78, 5) is 120. The lowest BCUT2D eigenvalue weighted by molar-refractivity contribution is -0.141. The third kappa shape index (κ3) is 22.6. The molecule has 4 unspecified atom stereocenters. The molecule has 20 nitrogen and oxygen atoms in total. The molecule has 1 aliphatic rings. The third-order valence-corrected chi connectivity index (χ3v) is 10.2. The normalized spacial score (nSPS) is 17.1. The molecule has 0 saturated heterocycles. The van der Waals surface area contributed by atoms with Crippen molar-refractivity contribution in [1.82, 2.24) is 26.6 Å². The van der Waals surface area contributed by atoms with Crippen molar-refractivity contribution in [2.45, 2.75) is 128 Å². The van der Waals surface area contributed by atoms with E-state index in [0.29, 0.717) is 64.5 Å². The van der Waals surface area contributed by atoms with E-state index in [1.807, 2.05) is 12.4 Å². The number of unbranched alkanes of at least 4 members (excludes halogenated alkanes) is 2. The molecule has 0 radical (unpaired) electrons. The molecule has 5 amide bonds. The molecule has 328 valence electrons. The van der Waals surface area contributed by atoms with Gasteiger partial charge in [-0.15, -0.1) is 0 Å². The Morgan fingerprint density at radius 1 is 0.621 bits per heavy atom. The molecule has 4 atom stereocenters. The first-order valence-corrected chi connectivity index (χ1v) is 19.9. The van der Waals surface area contributed by atoms with Crippen LogP contribution in [0.1, 0.15) is 116 Å². The van der Waals surface area contributed by atoms with Gasteiger partial charge in [0.15, 0.2) is 0 Å². The van der Waals surface area contributed by atoms with Crippen LogP contribution in [0.15, 0.2) is 0 Å². The lowest BCUT2D eigenvalue weighted by Gasteiger charge is -2.28. The Hall–Kier alpha value is -5.14. The van der Waals surface area contributed by atoms with Gasteiger partial charge in [0, 0.05) is 69.4 Å². The largest absolute Gasteiger partial charge is 0.481 e. The fraction of sp³-hybridized carbons (Fsp3) is 0.737. The Balaban J connectivity index is 2.41. The first-order valence-electron chi connectivity index (χ1n) is 19.9. The number of primary amides is 1. The average molecular weight is 827 g/mol. The van der Waals surface area contributed by atoms with Crippen LogP contribution in [0.25, 0.3) is 0 Å². The van der Waals surface area contributed by atoms with Gasteiger partial charge in [-0.05, 0) is 90.1 Å². The molecule has 11 N–H and O–H groups in total. The Morgan fingerprint density at radius 3 is 1.74 bits per heavy atom. The van der Waals surface area contributed by atoms with Crippen LogP contribution < -0.4 is 32.3 Å². The van der Waals surface area contributed by atoms with Crippen LogP contribution >= 0.6 is 0 Å². The van der Waals surface area contributed by atoms with Crippen molar-refractivity contribution in [2.24, 2.45) is 29.4 Å². The molecule has 1 rings (SSSR count). The Labute approximate surface area is 337 Å². The Bertz CT molecular complexity index is 1420. The second kappa shape index (κ2) is 28.3. The topological polar surface area (TPSA) is 338 Å².